The summed E-state index contributed by atoms with van der Waals surface area (Å²) in [4.78, 5) is 13.4. The fourth-order valence-corrected chi connectivity index (χ4v) is 7.79. The Morgan fingerprint density at radius 1 is 1.15 bits per heavy atom. The van der Waals surface area contributed by atoms with E-state index in [-0.39, 0.29) is 41.5 Å². The van der Waals surface area contributed by atoms with E-state index < -0.39 is 23.7 Å². The summed E-state index contributed by atoms with van der Waals surface area (Å²) in [5.41, 5.74) is -2.09. The predicted molar refractivity (Wildman–Crippen MR) is 96.2 cm³/mol. The number of aliphatic hydroxyl groups excluding tert-OH is 3. The van der Waals surface area contributed by atoms with E-state index in [1.165, 1.54) is 0 Å². The van der Waals surface area contributed by atoms with Gasteiger partial charge in [0.25, 0.3) is 0 Å². The molecule has 0 amide bonds. The zero-order valence-electron chi connectivity index (χ0n) is 16.0. The van der Waals surface area contributed by atoms with Crippen LogP contribution < -0.4 is 0 Å². The molecule has 0 aliphatic heterocycles. The molecule has 4 aliphatic rings. The van der Waals surface area contributed by atoms with E-state index in [9.17, 15) is 25.2 Å². The molecule has 5 heteroatoms. The molecule has 9 atom stereocenters. The van der Waals surface area contributed by atoms with E-state index in [1.54, 1.807) is 0 Å². The number of carbonyl (C=O) groups excluding carboxylic acids is 1. The smallest absolute Gasteiger partial charge is 0.137 e. The van der Waals surface area contributed by atoms with Gasteiger partial charge in [0.1, 0.15) is 11.9 Å². The van der Waals surface area contributed by atoms with Crippen molar-refractivity contribution in [2.45, 2.75) is 83.0 Å². The van der Waals surface area contributed by atoms with Crippen molar-refractivity contribution in [3.63, 3.8) is 0 Å². The molecule has 4 fully saturated rings. The van der Waals surface area contributed by atoms with Crippen LogP contribution in [-0.4, -0.2) is 50.6 Å². The topological polar surface area (TPSA) is 98.0 Å². The number of fused-ring (bicyclic) bond motifs is 5. The summed E-state index contributed by atoms with van der Waals surface area (Å²) >= 11 is 0. The normalized spacial score (nSPS) is 55.0. The van der Waals surface area contributed by atoms with Gasteiger partial charge in [-0.15, -0.1) is 0 Å². The van der Waals surface area contributed by atoms with Gasteiger partial charge in [-0.05, 0) is 68.1 Å². The Labute approximate surface area is 155 Å². The summed E-state index contributed by atoms with van der Waals surface area (Å²) in [6.07, 6.45) is 4.61. The molecule has 26 heavy (non-hydrogen) atoms. The average molecular weight is 366 g/mol. The quantitative estimate of drug-likeness (QED) is 0.596. The van der Waals surface area contributed by atoms with E-state index >= 15 is 0 Å². The number of carbonyl (C=O) groups is 1. The van der Waals surface area contributed by atoms with Crippen molar-refractivity contribution in [3.05, 3.63) is 0 Å². The number of rotatable bonds is 2. The van der Waals surface area contributed by atoms with Crippen LogP contribution in [0.3, 0.4) is 0 Å². The van der Waals surface area contributed by atoms with Crippen LogP contribution in [0.5, 0.6) is 0 Å². The van der Waals surface area contributed by atoms with Crippen molar-refractivity contribution in [1.82, 2.24) is 0 Å². The van der Waals surface area contributed by atoms with Crippen LogP contribution in [0.15, 0.2) is 0 Å². The van der Waals surface area contributed by atoms with Crippen LogP contribution in [0, 0.1) is 34.5 Å². The number of hydrogen-bond acceptors (Lipinski definition) is 5. The highest BCUT2D eigenvalue weighted by Crippen LogP contribution is 2.67. The van der Waals surface area contributed by atoms with Gasteiger partial charge < -0.3 is 20.4 Å². The Hall–Kier alpha value is -0.490. The van der Waals surface area contributed by atoms with Crippen molar-refractivity contribution in [1.29, 1.82) is 0 Å². The Morgan fingerprint density at radius 3 is 2.58 bits per heavy atom. The van der Waals surface area contributed by atoms with Gasteiger partial charge in [0, 0.05) is 17.8 Å². The second kappa shape index (κ2) is 6.00. The molecule has 0 heterocycles. The Morgan fingerprint density at radius 2 is 1.88 bits per heavy atom. The molecule has 4 saturated carbocycles. The van der Waals surface area contributed by atoms with Crippen molar-refractivity contribution < 1.29 is 25.2 Å². The first-order valence-electron chi connectivity index (χ1n) is 10.4. The third-order valence-corrected chi connectivity index (χ3v) is 9.27. The maximum Gasteiger partial charge on any atom is 0.137 e. The van der Waals surface area contributed by atoms with E-state index in [0.29, 0.717) is 12.3 Å². The highest BCUT2D eigenvalue weighted by atomic mass is 16.4. The predicted octanol–water partition coefficient (Wildman–Crippen LogP) is 1.65. The summed E-state index contributed by atoms with van der Waals surface area (Å²) in [6, 6.07) is 0. The maximum absolute atomic E-state index is 13.4. The second-order valence-corrected chi connectivity index (χ2v) is 10.2. The molecule has 0 spiro atoms. The van der Waals surface area contributed by atoms with E-state index in [1.807, 2.05) is 6.92 Å². The van der Waals surface area contributed by atoms with E-state index in [4.69, 9.17) is 0 Å². The highest BCUT2D eigenvalue weighted by Gasteiger charge is 2.68. The van der Waals surface area contributed by atoms with Gasteiger partial charge in [0.2, 0.25) is 0 Å². The van der Waals surface area contributed by atoms with Gasteiger partial charge in [0.15, 0.2) is 0 Å². The van der Waals surface area contributed by atoms with E-state index in [2.05, 4.69) is 6.92 Å². The molecule has 0 aromatic rings. The first-order chi connectivity index (χ1) is 12.2. The molecule has 0 radical (unpaired) electrons. The van der Waals surface area contributed by atoms with E-state index in [0.717, 1.165) is 38.5 Å². The molecule has 148 valence electrons. The molecule has 4 aliphatic carbocycles. The molecule has 0 aromatic carbocycles. The monoisotopic (exact) mass is 366 g/mol. The summed E-state index contributed by atoms with van der Waals surface area (Å²) in [7, 11) is 0. The molecular formula is C21H34O5. The lowest BCUT2D eigenvalue weighted by atomic mass is 9.44. The Kier molecular flexibility index (Phi) is 4.35. The minimum absolute atomic E-state index is 0.0143. The largest absolute Gasteiger partial charge is 0.394 e. The standard InChI is InChI=1S/C21H34O5/c1-19-7-5-13(23)9-12(19)3-4-14-15-6-8-21(26,17(25)11-22)20(15,2)10-16(24)18(14)19/h12-15,17-18,22-23,25-26H,3-11H2,1-2H3/t12-,13-,14+,15+,17?,18-,19+,20+,21+/m1/s1. The SMILES string of the molecule is C[C@]12CC[C@@H](O)C[C@H]1CC[C@@H]1[C@@H]2C(=O)C[C@@]2(C)[C@H]1CC[C@]2(O)C(O)CO. The van der Waals surface area contributed by atoms with Gasteiger partial charge in [-0.25, -0.2) is 0 Å². The van der Waals surface area contributed by atoms with Crippen LogP contribution in [0.1, 0.15) is 65.2 Å². The first-order valence-corrected chi connectivity index (χ1v) is 10.4. The third-order valence-electron chi connectivity index (χ3n) is 9.27. The highest BCUT2D eigenvalue weighted by molar-refractivity contribution is 5.84. The van der Waals surface area contributed by atoms with Crippen LogP contribution >= 0.6 is 0 Å². The summed E-state index contributed by atoms with van der Waals surface area (Å²) in [5, 5.41) is 41.2. The van der Waals surface area contributed by atoms with Crippen molar-refractivity contribution >= 4 is 5.78 Å². The Balaban J connectivity index is 1.69. The second-order valence-electron chi connectivity index (χ2n) is 10.2. The zero-order chi connectivity index (χ0) is 18.9. The fourth-order valence-electron chi connectivity index (χ4n) is 7.79. The molecule has 1 unspecified atom stereocenters. The van der Waals surface area contributed by atoms with Crippen LogP contribution in [0.2, 0.25) is 0 Å². The fraction of sp³-hybridized carbons (Fsp3) is 0.952. The number of Topliss-reactive ketones (excluding diaryl/α,β-unsaturated/α-hetero) is 1. The van der Waals surface area contributed by atoms with Gasteiger partial charge >= 0.3 is 0 Å². The lowest BCUT2D eigenvalue weighted by Gasteiger charge is -2.60. The zero-order valence-corrected chi connectivity index (χ0v) is 16.0. The minimum atomic E-state index is -1.38. The molecule has 0 bridgehead atoms. The molecule has 5 nitrogen and oxygen atoms in total. The molecule has 0 aromatic heterocycles. The van der Waals surface area contributed by atoms with Gasteiger partial charge in [0.05, 0.1) is 18.3 Å². The first kappa shape index (κ1) is 18.9. The summed E-state index contributed by atoms with van der Waals surface area (Å²) in [5.74, 6) is 1.10. The minimum Gasteiger partial charge on any atom is -0.394 e. The van der Waals surface area contributed by atoms with Crippen molar-refractivity contribution in [3.8, 4) is 0 Å². The van der Waals surface area contributed by atoms with Crippen molar-refractivity contribution in [2.24, 2.45) is 34.5 Å². The van der Waals surface area contributed by atoms with Crippen LogP contribution in [0.4, 0.5) is 0 Å². The van der Waals surface area contributed by atoms with Gasteiger partial charge in [-0.3, -0.25) is 4.79 Å². The summed E-state index contributed by atoms with van der Waals surface area (Å²) in [6.45, 7) is 3.74. The number of hydrogen-bond donors (Lipinski definition) is 4. The third kappa shape index (κ3) is 2.27. The van der Waals surface area contributed by atoms with Gasteiger partial charge in [-0.1, -0.05) is 13.8 Å². The molecule has 0 saturated heterocycles. The Bertz CT molecular complexity index is 593. The molecule has 4 rings (SSSR count). The van der Waals surface area contributed by atoms with Crippen LogP contribution in [-0.2, 0) is 4.79 Å². The lowest BCUT2D eigenvalue weighted by Crippen LogP contribution is -2.63. The maximum atomic E-state index is 13.4. The number of aliphatic hydroxyl groups is 4. The van der Waals surface area contributed by atoms with Gasteiger partial charge in [-0.2, -0.15) is 0 Å². The lowest BCUT2D eigenvalue weighted by molar-refractivity contribution is -0.196. The number of ketones is 1. The van der Waals surface area contributed by atoms with Crippen molar-refractivity contribution in [2.75, 3.05) is 6.61 Å². The average Bonchev–Trinajstić information content (AvgIpc) is 2.86. The molecule has 4 N–H and O–H groups in total. The molecular weight excluding hydrogens is 332 g/mol. The van der Waals surface area contributed by atoms with Crippen LogP contribution in [0.25, 0.3) is 0 Å². The summed E-state index contributed by atoms with van der Waals surface area (Å²) < 4.78 is 0.